The molecule has 1 N–H and O–H groups in total. The van der Waals surface area contributed by atoms with Gasteiger partial charge in [0.15, 0.2) is 0 Å². The van der Waals surface area contributed by atoms with Gasteiger partial charge in [-0.25, -0.2) is 0 Å². The molecule has 0 bridgehead atoms. The van der Waals surface area contributed by atoms with Crippen LogP contribution in [0.2, 0.25) is 0 Å². The van der Waals surface area contributed by atoms with E-state index in [9.17, 15) is 0 Å². The standard InChI is InChI=1S/C5H6O.C2H7N/c1-5-3-2-4-6-5;1-3-2/h2-4H,1H3;3H,1-2H3. The van der Waals surface area contributed by atoms with Gasteiger partial charge in [0.05, 0.1) is 6.26 Å². The monoisotopic (exact) mass is 127 g/mol. The molecule has 1 rings (SSSR count). The maximum absolute atomic E-state index is 4.83. The van der Waals surface area contributed by atoms with E-state index in [1.54, 1.807) is 6.26 Å². The molecule has 1 heterocycles. The van der Waals surface area contributed by atoms with Gasteiger partial charge in [-0.3, -0.25) is 0 Å². The fraction of sp³-hybridized carbons (Fsp3) is 0.429. The molecular weight excluding hydrogens is 114 g/mol. The lowest BCUT2D eigenvalue weighted by Crippen LogP contribution is -1.89. The van der Waals surface area contributed by atoms with Crippen molar-refractivity contribution in [1.29, 1.82) is 0 Å². The first-order chi connectivity index (χ1) is 4.31. The zero-order valence-corrected chi connectivity index (χ0v) is 6.14. The summed E-state index contributed by atoms with van der Waals surface area (Å²) >= 11 is 0. The molecule has 0 radical (unpaired) electrons. The van der Waals surface area contributed by atoms with E-state index in [-0.39, 0.29) is 0 Å². The number of rotatable bonds is 0. The van der Waals surface area contributed by atoms with Crippen LogP contribution in [-0.4, -0.2) is 14.1 Å². The molecule has 0 aliphatic carbocycles. The minimum Gasteiger partial charge on any atom is -0.470 e. The Kier molecular flexibility index (Phi) is 4.92. The molecule has 0 atom stereocenters. The Balaban J connectivity index is 0.000000187. The highest BCUT2D eigenvalue weighted by molar-refractivity contribution is 4.93. The first kappa shape index (κ1) is 8.24. The van der Waals surface area contributed by atoms with Crippen LogP contribution in [0.25, 0.3) is 0 Å². The van der Waals surface area contributed by atoms with Crippen LogP contribution in [0.5, 0.6) is 0 Å². The molecule has 0 aliphatic heterocycles. The predicted octanol–water partition coefficient (Wildman–Crippen LogP) is 1.42. The molecule has 0 saturated carbocycles. The van der Waals surface area contributed by atoms with Crippen LogP contribution in [0.15, 0.2) is 22.8 Å². The maximum Gasteiger partial charge on any atom is 0.100 e. The van der Waals surface area contributed by atoms with Gasteiger partial charge in [-0.1, -0.05) is 0 Å². The van der Waals surface area contributed by atoms with Gasteiger partial charge < -0.3 is 9.73 Å². The van der Waals surface area contributed by atoms with E-state index in [1.165, 1.54) is 0 Å². The summed E-state index contributed by atoms with van der Waals surface area (Å²) in [7, 11) is 3.75. The van der Waals surface area contributed by atoms with Gasteiger partial charge in [0.2, 0.25) is 0 Å². The highest BCUT2D eigenvalue weighted by atomic mass is 16.3. The third-order valence-corrected chi connectivity index (χ3v) is 0.663. The van der Waals surface area contributed by atoms with Crippen molar-refractivity contribution in [2.75, 3.05) is 14.1 Å². The number of furan rings is 1. The average Bonchev–Trinajstić information content (AvgIpc) is 2.20. The zero-order valence-electron chi connectivity index (χ0n) is 6.14. The van der Waals surface area contributed by atoms with Gasteiger partial charge >= 0.3 is 0 Å². The minimum atomic E-state index is 0.968. The van der Waals surface area contributed by atoms with Crippen molar-refractivity contribution >= 4 is 0 Å². The molecule has 52 valence electrons. The van der Waals surface area contributed by atoms with Crippen molar-refractivity contribution in [3.8, 4) is 0 Å². The molecular formula is C7H13NO. The first-order valence-corrected chi connectivity index (χ1v) is 2.90. The van der Waals surface area contributed by atoms with Crippen LogP contribution >= 0.6 is 0 Å². The third-order valence-electron chi connectivity index (χ3n) is 0.663. The lowest BCUT2D eigenvalue weighted by Gasteiger charge is -1.69. The first-order valence-electron chi connectivity index (χ1n) is 2.90. The third kappa shape index (κ3) is 5.11. The molecule has 0 aromatic carbocycles. The van der Waals surface area contributed by atoms with Gasteiger partial charge in [-0.05, 0) is 33.2 Å². The number of nitrogens with one attached hydrogen (secondary N) is 1. The molecule has 0 fully saturated rings. The van der Waals surface area contributed by atoms with Crippen molar-refractivity contribution in [3.63, 3.8) is 0 Å². The summed E-state index contributed by atoms with van der Waals surface area (Å²) in [6.07, 6.45) is 1.66. The number of hydrogen-bond acceptors (Lipinski definition) is 2. The van der Waals surface area contributed by atoms with Gasteiger partial charge in [0, 0.05) is 0 Å². The predicted molar refractivity (Wildman–Crippen MR) is 38.4 cm³/mol. The van der Waals surface area contributed by atoms with Crippen molar-refractivity contribution in [1.82, 2.24) is 5.32 Å². The molecule has 0 spiro atoms. The van der Waals surface area contributed by atoms with Gasteiger partial charge in [-0.15, -0.1) is 0 Å². The maximum atomic E-state index is 4.83. The van der Waals surface area contributed by atoms with E-state index in [1.807, 2.05) is 33.2 Å². The average molecular weight is 127 g/mol. The lowest BCUT2D eigenvalue weighted by atomic mass is 10.5. The minimum absolute atomic E-state index is 0.968. The van der Waals surface area contributed by atoms with Crippen LogP contribution < -0.4 is 5.32 Å². The van der Waals surface area contributed by atoms with Crippen LogP contribution in [0.4, 0.5) is 0 Å². The van der Waals surface area contributed by atoms with E-state index in [0.717, 1.165) is 5.76 Å². The number of hydrogen-bond donors (Lipinski definition) is 1. The summed E-state index contributed by atoms with van der Waals surface area (Å²) in [6, 6.07) is 3.79. The molecule has 1 aromatic rings. The Labute approximate surface area is 55.9 Å². The van der Waals surface area contributed by atoms with Crippen LogP contribution in [0.3, 0.4) is 0 Å². The van der Waals surface area contributed by atoms with Crippen LogP contribution in [0, 0.1) is 6.92 Å². The van der Waals surface area contributed by atoms with Crippen molar-refractivity contribution < 1.29 is 4.42 Å². The molecule has 0 amide bonds. The molecule has 2 heteroatoms. The second-order valence-electron chi connectivity index (χ2n) is 1.72. The SMILES string of the molecule is CNC.Cc1ccco1. The van der Waals surface area contributed by atoms with Gasteiger partial charge in [0.25, 0.3) is 0 Å². The molecule has 0 aliphatic rings. The Bertz CT molecular complexity index is 123. The van der Waals surface area contributed by atoms with E-state index in [2.05, 4.69) is 5.32 Å². The van der Waals surface area contributed by atoms with E-state index < -0.39 is 0 Å². The van der Waals surface area contributed by atoms with Crippen LogP contribution in [-0.2, 0) is 0 Å². The summed E-state index contributed by atoms with van der Waals surface area (Å²) in [5, 5.41) is 2.75. The zero-order chi connectivity index (χ0) is 7.11. The number of aryl methyl sites for hydroxylation is 1. The fourth-order valence-corrected chi connectivity index (χ4v) is 0.361. The molecule has 0 unspecified atom stereocenters. The highest BCUT2D eigenvalue weighted by Crippen LogP contribution is 1.93. The Morgan fingerprint density at radius 2 is 2.00 bits per heavy atom. The van der Waals surface area contributed by atoms with E-state index in [0.29, 0.717) is 0 Å². The Hall–Kier alpha value is -0.760. The highest BCUT2D eigenvalue weighted by Gasteiger charge is 1.75. The Morgan fingerprint density at radius 3 is 2.11 bits per heavy atom. The summed E-state index contributed by atoms with van der Waals surface area (Å²) < 4.78 is 4.83. The normalized spacial score (nSPS) is 7.89. The molecule has 2 nitrogen and oxygen atoms in total. The topological polar surface area (TPSA) is 25.2 Å². The Morgan fingerprint density at radius 1 is 1.44 bits per heavy atom. The summed E-state index contributed by atoms with van der Waals surface area (Å²) in [4.78, 5) is 0. The summed E-state index contributed by atoms with van der Waals surface area (Å²) in [5.41, 5.74) is 0. The van der Waals surface area contributed by atoms with Crippen LogP contribution in [0.1, 0.15) is 5.76 Å². The van der Waals surface area contributed by atoms with E-state index >= 15 is 0 Å². The summed E-state index contributed by atoms with van der Waals surface area (Å²) in [5.74, 6) is 0.968. The lowest BCUT2D eigenvalue weighted by molar-refractivity contribution is 0.534. The van der Waals surface area contributed by atoms with Crippen molar-refractivity contribution in [2.45, 2.75) is 6.92 Å². The molecule has 9 heavy (non-hydrogen) atoms. The van der Waals surface area contributed by atoms with E-state index in [4.69, 9.17) is 4.42 Å². The second-order valence-corrected chi connectivity index (χ2v) is 1.72. The largest absolute Gasteiger partial charge is 0.470 e. The van der Waals surface area contributed by atoms with Gasteiger partial charge in [-0.2, -0.15) is 0 Å². The second kappa shape index (κ2) is 5.38. The van der Waals surface area contributed by atoms with Crippen molar-refractivity contribution in [2.24, 2.45) is 0 Å². The molecule has 0 saturated heterocycles. The fourth-order valence-electron chi connectivity index (χ4n) is 0.361. The smallest absolute Gasteiger partial charge is 0.100 e. The van der Waals surface area contributed by atoms with Crippen molar-refractivity contribution in [3.05, 3.63) is 24.2 Å². The molecule has 1 aromatic heterocycles. The quantitative estimate of drug-likeness (QED) is 0.570. The van der Waals surface area contributed by atoms with Gasteiger partial charge in [0.1, 0.15) is 5.76 Å². The summed E-state index contributed by atoms with van der Waals surface area (Å²) in [6.45, 7) is 1.92.